The van der Waals surface area contributed by atoms with E-state index >= 15 is 0 Å². The fourth-order valence-corrected chi connectivity index (χ4v) is 5.64. The van der Waals surface area contributed by atoms with E-state index in [9.17, 15) is 18.6 Å². The maximum absolute atomic E-state index is 12.1. The van der Waals surface area contributed by atoms with E-state index in [1.165, 1.54) is 6.07 Å². The number of allylic oxidation sites excluding steroid dienone is 1. The van der Waals surface area contributed by atoms with Crippen LogP contribution in [0.4, 0.5) is 0 Å². The van der Waals surface area contributed by atoms with Crippen LogP contribution in [0.15, 0.2) is 34.9 Å². The molecule has 0 unspecified atom stereocenters. The number of benzene rings is 1. The fourth-order valence-electron chi connectivity index (χ4n) is 3.47. The highest BCUT2D eigenvalue weighted by Crippen LogP contribution is 2.38. The first-order chi connectivity index (χ1) is 11.8. The molecule has 136 valence electrons. The van der Waals surface area contributed by atoms with E-state index in [1.807, 2.05) is 13.0 Å². The Hall–Kier alpha value is -1.34. The lowest BCUT2D eigenvalue weighted by Gasteiger charge is -2.13. The van der Waals surface area contributed by atoms with E-state index in [1.54, 1.807) is 12.1 Å². The summed E-state index contributed by atoms with van der Waals surface area (Å²) in [6.45, 7) is 1.92. The third kappa shape index (κ3) is 3.77. The average Bonchev–Trinajstić information content (AvgIpc) is 3.08. The number of halogens is 1. The van der Waals surface area contributed by atoms with Gasteiger partial charge in [0.1, 0.15) is 11.0 Å². The molecule has 1 aromatic rings. The number of aliphatic hydroxyl groups excluding tert-OH is 1. The molecule has 25 heavy (non-hydrogen) atoms. The first-order valence-electron chi connectivity index (χ1n) is 8.13. The molecule has 2 aliphatic heterocycles. The monoisotopic (exact) mass is 384 g/mol. The molecule has 1 saturated heterocycles. The first-order valence-corrected chi connectivity index (χ1v) is 10.2. The van der Waals surface area contributed by atoms with Crippen molar-refractivity contribution in [2.75, 3.05) is 19.0 Å². The second-order valence-electron chi connectivity index (χ2n) is 6.57. The Morgan fingerprint density at radius 1 is 1.44 bits per heavy atom. The zero-order chi connectivity index (χ0) is 18.2. The number of fused-ring (bicyclic) bond motifs is 1. The van der Waals surface area contributed by atoms with Gasteiger partial charge in [-0.15, -0.1) is 0 Å². The van der Waals surface area contributed by atoms with Crippen LogP contribution in [0, 0.1) is 0 Å². The summed E-state index contributed by atoms with van der Waals surface area (Å²) in [5, 5.41) is 18.8. The van der Waals surface area contributed by atoms with Gasteiger partial charge in [0, 0.05) is 0 Å². The summed E-state index contributed by atoms with van der Waals surface area (Å²) in [5.41, 5.74) is 3.25. The van der Waals surface area contributed by atoms with Gasteiger partial charge in [0.15, 0.2) is 9.84 Å². The number of sulfone groups is 1. The van der Waals surface area contributed by atoms with Crippen LogP contribution in [0.2, 0.25) is 5.02 Å². The van der Waals surface area contributed by atoms with E-state index in [0.29, 0.717) is 17.0 Å². The Balaban J connectivity index is 1.70. The van der Waals surface area contributed by atoms with E-state index in [0.717, 1.165) is 23.1 Å². The number of hydrogen-bond acceptors (Lipinski definition) is 5. The predicted octanol–water partition coefficient (Wildman–Crippen LogP) is 2.71. The maximum atomic E-state index is 12.1. The van der Waals surface area contributed by atoms with Crippen molar-refractivity contribution in [3.8, 4) is 5.75 Å². The molecular weight excluding hydrogens is 364 g/mol. The summed E-state index contributed by atoms with van der Waals surface area (Å²) in [4.78, 5) is 0. The predicted molar refractivity (Wildman–Crippen MR) is 97.4 cm³/mol. The Morgan fingerprint density at radius 2 is 2.20 bits per heavy atom. The lowest BCUT2D eigenvalue weighted by atomic mass is 9.97. The summed E-state index contributed by atoms with van der Waals surface area (Å²) in [7, 11) is -3.23. The van der Waals surface area contributed by atoms with Gasteiger partial charge < -0.3 is 14.9 Å². The topological polar surface area (TPSA) is 83.8 Å². The van der Waals surface area contributed by atoms with Crippen molar-refractivity contribution in [1.82, 2.24) is 0 Å². The molecule has 1 aromatic carbocycles. The van der Waals surface area contributed by atoms with Gasteiger partial charge in [0.2, 0.25) is 0 Å². The minimum absolute atomic E-state index is 0.0543. The van der Waals surface area contributed by atoms with Crippen molar-refractivity contribution in [1.29, 1.82) is 0 Å². The number of hydrogen-bond donors (Lipinski definition) is 2. The Bertz CT molecular complexity index is 841. The second kappa shape index (κ2) is 7.11. The van der Waals surface area contributed by atoms with Crippen LogP contribution < -0.4 is 0 Å². The minimum atomic E-state index is -3.23. The fraction of sp³-hybridized carbons (Fsp3) is 0.444. The van der Waals surface area contributed by atoms with E-state index in [2.05, 4.69) is 0 Å². The molecule has 5 nitrogen and oxygen atoms in total. The molecule has 0 aliphatic carbocycles. The van der Waals surface area contributed by atoms with E-state index in [4.69, 9.17) is 16.3 Å². The summed E-state index contributed by atoms with van der Waals surface area (Å²) in [6, 6.07) is 4.82. The zero-order valence-corrected chi connectivity index (χ0v) is 15.5. The molecule has 2 atom stereocenters. The molecule has 7 heteroatoms. The van der Waals surface area contributed by atoms with Crippen molar-refractivity contribution in [3.05, 3.63) is 45.5 Å². The quantitative estimate of drug-likeness (QED) is 0.762. The normalized spacial score (nSPS) is 25.5. The minimum Gasteiger partial charge on any atom is -0.508 e. The van der Waals surface area contributed by atoms with Crippen LogP contribution in [-0.4, -0.2) is 49.0 Å². The van der Waals surface area contributed by atoms with Gasteiger partial charge >= 0.3 is 0 Å². The highest BCUT2D eigenvalue weighted by molar-refractivity contribution is 7.92. The lowest BCUT2D eigenvalue weighted by molar-refractivity contribution is 0.117. The molecular formula is C18H21ClO5S. The van der Waals surface area contributed by atoms with Crippen molar-refractivity contribution in [2.45, 2.75) is 31.1 Å². The van der Waals surface area contributed by atoms with Crippen molar-refractivity contribution in [3.63, 3.8) is 0 Å². The summed E-state index contributed by atoms with van der Waals surface area (Å²) < 4.78 is 29.9. The van der Waals surface area contributed by atoms with Gasteiger partial charge in [0.25, 0.3) is 0 Å². The van der Waals surface area contributed by atoms with Gasteiger partial charge in [-0.2, -0.15) is 0 Å². The molecule has 1 fully saturated rings. The molecule has 3 rings (SSSR count). The number of aromatic hydroxyl groups is 1. The molecule has 0 amide bonds. The molecule has 0 bridgehead atoms. The average molecular weight is 385 g/mol. The molecule has 0 radical (unpaired) electrons. The highest BCUT2D eigenvalue weighted by Gasteiger charge is 2.46. The van der Waals surface area contributed by atoms with Gasteiger partial charge in [0.05, 0.1) is 30.1 Å². The largest absolute Gasteiger partial charge is 0.508 e. The standard InChI is InChI=1S/C18H21ClO5S/c1-11(6-12-3-4-14(21)7-15(12)19)2-5-16-18-13(8-20)10-25(22,23)17(18)9-24-16/h3-4,6-7,16-17,20-21H,2,5,8-10H2,1H3/b11-6+/t16-,17+/m1/s1. The maximum Gasteiger partial charge on any atom is 0.163 e. The lowest BCUT2D eigenvalue weighted by Crippen LogP contribution is -2.19. The van der Waals surface area contributed by atoms with Gasteiger partial charge in [-0.05, 0) is 54.7 Å². The van der Waals surface area contributed by atoms with Crippen LogP contribution in [-0.2, 0) is 14.6 Å². The summed E-state index contributed by atoms with van der Waals surface area (Å²) >= 11 is 6.11. The van der Waals surface area contributed by atoms with Crippen LogP contribution in [0.3, 0.4) is 0 Å². The number of aliphatic hydroxyl groups is 1. The number of ether oxygens (including phenoxy) is 1. The van der Waals surface area contributed by atoms with E-state index < -0.39 is 15.1 Å². The first kappa shape index (κ1) is 18.5. The van der Waals surface area contributed by atoms with Crippen LogP contribution in [0.25, 0.3) is 6.08 Å². The Labute approximate surface area is 152 Å². The number of rotatable bonds is 5. The Morgan fingerprint density at radius 3 is 2.88 bits per heavy atom. The third-order valence-electron chi connectivity index (χ3n) is 4.74. The van der Waals surface area contributed by atoms with Crippen molar-refractivity contribution < 1.29 is 23.4 Å². The molecule has 2 heterocycles. The van der Waals surface area contributed by atoms with Crippen molar-refractivity contribution in [2.24, 2.45) is 0 Å². The third-order valence-corrected chi connectivity index (χ3v) is 7.07. The second-order valence-corrected chi connectivity index (χ2v) is 9.16. The van der Waals surface area contributed by atoms with Crippen LogP contribution in [0.5, 0.6) is 5.75 Å². The molecule has 0 aromatic heterocycles. The Kier molecular flexibility index (Phi) is 5.25. The van der Waals surface area contributed by atoms with E-state index in [-0.39, 0.29) is 30.8 Å². The molecule has 0 saturated carbocycles. The molecule has 2 N–H and O–H groups in total. The SMILES string of the molecule is C/C(=C\c1ccc(O)cc1Cl)CC[C@H]1OC[C@H]2C1=C(CO)CS2(=O)=O. The summed E-state index contributed by atoms with van der Waals surface area (Å²) in [6.07, 6.45) is 3.06. The van der Waals surface area contributed by atoms with Gasteiger partial charge in [-0.1, -0.05) is 23.3 Å². The van der Waals surface area contributed by atoms with Crippen LogP contribution >= 0.6 is 11.6 Å². The van der Waals surface area contributed by atoms with Crippen LogP contribution in [0.1, 0.15) is 25.3 Å². The van der Waals surface area contributed by atoms with Gasteiger partial charge in [-0.25, -0.2) is 8.42 Å². The van der Waals surface area contributed by atoms with Crippen molar-refractivity contribution >= 4 is 27.5 Å². The zero-order valence-electron chi connectivity index (χ0n) is 13.9. The molecule has 0 spiro atoms. The summed E-state index contributed by atoms with van der Waals surface area (Å²) in [5.74, 6) is 0.0671. The smallest absolute Gasteiger partial charge is 0.163 e. The number of phenols is 1. The highest BCUT2D eigenvalue weighted by atomic mass is 35.5. The molecule has 2 aliphatic rings. The van der Waals surface area contributed by atoms with Gasteiger partial charge in [-0.3, -0.25) is 0 Å². The number of phenolic OH excluding ortho intramolecular Hbond substituents is 1.